The van der Waals surface area contributed by atoms with Gasteiger partial charge in [0.25, 0.3) is 0 Å². The molecule has 8 rings (SSSR count). The Morgan fingerprint density at radius 2 is 1.08 bits per heavy atom. The number of fused-ring (bicyclic) bond motifs is 5. The number of aliphatic hydroxyl groups is 14. The van der Waals surface area contributed by atoms with Crippen LogP contribution in [-0.2, 0) is 37.9 Å². The summed E-state index contributed by atoms with van der Waals surface area (Å²) in [6.07, 6.45) is -22.1. The molecule has 4 aliphatic heterocycles. The largest absolute Gasteiger partial charge is 0.394 e. The molecule has 22 heteroatoms. The van der Waals surface area contributed by atoms with Crippen molar-refractivity contribution in [1.82, 2.24) is 0 Å². The fraction of sp³-hybridized carbons (Fsp3) is 0.962. The molecule has 2 unspecified atom stereocenters. The summed E-state index contributed by atoms with van der Waals surface area (Å²) < 4.78 is 48.9. The van der Waals surface area contributed by atoms with Gasteiger partial charge < -0.3 is 109 Å². The molecule has 75 heavy (non-hydrogen) atoms. The highest BCUT2D eigenvalue weighted by Gasteiger charge is 2.72. The summed E-state index contributed by atoms with van der Waals surface area (Å²) in [6, 6.07) is 0. The van der Waals surface area contributed by atoms with Crippen molar-refractivity contribution in [3.63, 3.8) is 0 Å². The zero-order valence-electron chi connectivity index (χ0n) is 44.7. The van der Waals surface area contributed by atoms with Crippen LogP contribution in [0.5, 0.6) is 0 Å². The maximum absolute atomic E-state index is 12.8. The minimum Gasteiger partial charge on any atom is -0.394 e. The van der Waals surface area contributed by atoms with Crippen LogP contribution in [0.15, 0.2) is 11.6 Å². The minimum atomic E-state index is -1.81. The van der Waals surface area contributed by atoms with E-state index in [4.69, 9.17) is 37.9 Å². The van der Waals surface area contributed by atoms with Crippen molar-refractivity contribution in [3.8, 4) is 0 Å². The maximum atomic E-state index is 12.8. The van der Waals surface area contributed by atoms with Crippen LogP contribution < -0.4 is 0 Å². The third kappa shape index (κ3) is 10.5. The second-order valence-electron chi connectivity index (χ2n) is 25.3. The van der Waals surface area contributed by atoms with Crippen LogP contribution in [0.3, 0.4) is 0 Å². The molecule has 22 nitrogen and oxygen atoms in total. The monoisotopic (exact) mass is 1080 g/mol. The van der Waals surface area contributed by atoms with Gasteiger partial charge in [-0.05, 0) is 124 Å². The predicted octanol–water partition coefficient (Wildman–Crippen LogP) is -1.56. The molecule has 4 saturated heterocycles. The second-order valence-corrected chi connectivity index (χ2v) is 25.3. The van der Waals surface area contributed by atoms with Gasteiger partial charge in [-0.15, -0.1) is 0 Å². The van der Waals surface area contributed by atoms with E-state index in [0.717, 1.165) is 24.8 Å². The molecule has 0 aromatic carbocycles. The Morgan fingerprint density at radius 1 is 0.560 bits per heavy atom. The van der Waals surface area contributed by atoms with E-state index in [2.05, 4.69) is 40.7 Å². The molecule has 8 fully saturated rings. The minimum absolute atomic E-state index is 0.0508. The van der Waals surface area contributed by atoms with Crippen molar-refractivity contribution >= 4 is 0 Å². The molecule has 4 aliphatic carbocycles. The Kier molecular flexibility index (Phi) is 18.1. The van der Waals surface area contributed by atoms with Gasteiger partial charge in [0.1, 0.15) is 91.6 Å². The van der Waals surface area contributed by atoms with E-state index in [9.17, 15) is 71.5 Å². The fourth-order valence-corrected chi connectivity index (χ4v) is 16.1. The lowest BCUT2D eigenvalue weighted by molar-refractivity contribution is -0.378. The smallest absolute Gasteiger partial charge is 0.187 e. The van der Waals surface area contributed by atoms with E-state index in [0.29, 0.717) is 38.5 Å². The summed E-state index contributed by atoms with van der Waals surface area (Å²) in [6.45, 7) is 14.9. The van der Waals surface area contributed by atoms with Crippen LogP contribution in [0, 0.1) is 45.3 Å². The molecular weight excluding hydrogens is 989 g/mol. The topological polar surface area (TPSA) is 357 Å². The highest BCUT2D eigenvalue weighted by Crippen LogP contribution is 2.76. The summed E-state index contributed by atoms with van der Waals surface area (Å²) in [5.74, 6) is -0.394. The van der Waals surface area contributed by atoms with Gasteiger partial charge in [-0.1, -0.05) is 46.3 Å². The van der Waals surface area contributed by atoms with Crippen LogP contribution in [0.2, 0.25) is 0 Å². The van der Waals surface area contributed by atoms with Crippen molar-refractivity contribution < 1.29 is 109 Å². The third-order valence-electron chi connectivity index (χ3n) is 20.5. The van der Waals surface area contributed by atoms with Crippen LogP contribution in [0.4, 0.5) is 0 Å². The van der Waals surface area contributed by atoms with Crippen LogP contribution in [0.25, 0.3) is 0 Å². The van der Waals surface area contributed by atoms with Crippen molar-refractivity contribution in [2.45, 2.75) is 248 Å². The molecule has 0 bridgehead atoms. The van der Waals surface area contributed by atoms with Gasteiger partial charge in [0.15, 0.2) is 25.2 Å². The Morgan fingerprint density at radius 3 is 1.69 bits per heavy atom. The Bertz CT molecular complexity index is 1940. The highest BCUT2D eigenvalue weighted by molar-refractivity contribution is 5.20. The van der Waals surface area contributed by atoms with Gasteiger partial charge >= 0.3 is 0 Å². The van der Waals surface area contributed by atoms with Crippen LogP contribution in [-0.4, -0.2) is 232 Å². The highest BCUT2D eigenvalue weighted by atomic mass is 16.8. The Balaban J connectivity index is 1.01. The van der Waals surface area contributed by atoms with E-state index < -0.39 is 172 Å². The van der Waals surface area contributed by atoms with Gasteiger partial charge in [0.2, 0.25) is 0 Å². The van der Waals surface area contributed by atoms with Crippen LogP contribution in [0.1, 0.15) is 113 Å². The van der Waals surface area contributed by atoms with Crippen molar-refractivity contribution in [1.29, 1.82) is 0 Å². The van der Waals surface area contributed by atoms with E-state index in [-0.39, 0.29) is 34.5 Å². The molecular formula is C53H90O22. The van der Waals surface area contributed by atoms with Gasteiger partial charge in [0.05, 0.1) is 44.2 Å². The summed E-state index contributed by atoms with van der Waals surface area (Å²) in [5.41, 5.74) is -1.47. The van der Waals surface area contributed by atoms with Crippen molar-refractivity contribution in [2.75, 3.05) is 26.4 Å². The average Bonchev–Trinajstić information content (AvgIpc) is 3.89. The number of hydrogen-bond acceptors (Lipinski definition) is 22. The average molecular weight is 1080 g/mol. The molecule has 0 aromatic rings. The number of rotatable bonds is 16. The first kappa shape index (κ1) is 60.0. The third-order valence-corrected chi connectivity index (χ3v) is 20.5. The summed E-state index contributed by atoms with van der Waals surface area (Å²) in [5, 5.41) is 151. The van der Waals surface area contributed by atoms with E-state index in [1.165, 1.54) is 0 Å². The first-order chi connectivity index (χ1) is 35.1. The predicted molar refractivity (Wildman–Crippen MR) is 260 cm³/mol. The number of hydrogen-bond donors (Lipinski definition) is 14. The van der Waals surface area contributed by atoms with Gasteiger partial charge in [-0.3, -0.25) is 0 Å². The molecule has 434 valence electrons. The van der Waals surface area contributed by atoms with Crippen molar-refractivity contribution in [3.05, 3.63) is 11.6 Å². The normalized spacial score (nSPS) is 52.6. The quantitative estimate of drug-likeness (QED) is 0.0614. The van der Waals surface area contributed by atoms with E-state index >= 15 is 0 Å². The molecule has 0 amide bonds. The lowest BCUT2D eigenvalue weighted by Gasteiger charge is -2.71. The first-order valence-corrected chi connectivity index (χ1v) is 27.3. The zero-order valence-corrected chi connectivity index (χ0v) is 44.7. The fourth-order valence-electron chi connectivity index (χ4n) is 16.1. The molecule has 14 N–H and O–H groups in total. The SMILES string of the molecule is CC(C)=CCC[C@](C)(O[C@@H]1O[C@H](CO[C@@H]2O[C@@H](CO)[C@H](O)[C@H]2O)[C@@H](O)[C@H](O)[C@H]1O)[C@H]1CC[C@@]2(C)[C@H]1[C@@H](O)CC1[C@@]3(C)CC[C@@H](O[C@@H]4O[C@H](CO)[C@@H](O)[C@H](O)[C@H]4O[C@@H]4O[C@H](CO)[C@@H](O)[C@H](O)[C@H]4O)C(C)(C)C3CC[C@]12C. The summed E-state index contributed by atoms with van der Waals surface area (Å²) in [7, 11) is 0. The molecule has 0 radical (unpaired) electrons. The van der Waals surface area contributed by atoms with Gasteiger partial charge in [0, 0.05) is 0 Å². The molecule has 0 spiro atoms. The van der Waals surface area contributed by atoms with E-state index in [1.807, 2.05) is 20.8 Å². The number of aliphatic hydroxyl groups excluding tert-OH is 14. The zero-order chi connectivity index (χ0) is 55.1. The first-order valence-electron chi connectivity index (χ1n) is 27.3. The molecule has 0 aromatic heterocycles. The number of ether oxygens (including phenoxy) is 8. The van der Waals surface area contributed by atoms with Gasteiger partial charge in [-0.25, -0.2) is 0 Å². The van der Waals surface area contributed by atoms with Crippen molar-refractivity contribution in [2.24, 2.45) is 45.3 Å². The Hall–Kier alpha value is -1.14. The molecule has 4 saturated carbocycles. The van der Waals surface area contributed by atoms with E-state index in [1.54, 1.807) is 0 Å². The Labute approximate surface area is 439 Å². The lowest BCUT2D eigenvalue weighted by Crippen LogP contribution is -2.68. The molecule has 29 atom stereocenters. The second kappa shape index (κ2) is 22.7. The maximum Gasteiger partial charge on any atom is 0.187 e. The number of allylic oxidation sites excluding steroid dienone is 2. The van der Waals surface area contributed by atoms with Crippen LogP contribution >= 0.6 is 0 Å². The molecule has 4 heterocycles. The molecule has 8 aliphatic rings. The van der Waals surface area contributed by atoms with Gasteiger partial charge in [-0.2, -0.15) is 0 Å². The lowest BCUT2D eigenvalue weighted by atomic mass is 9.35. The summed E-state index contributed by atoms with van der Waals surface area (Å²) in [4.78, 5) is 0. The standard InChI is InChI=1S/C53H90O22/c1-23(2)10-9-14-53(8,75-47-43(67)39(63)37(61)29(72-47)22-68-45-41(65)36(60)28(21-56)69-45)24-11-16-52(7)33(24)25(57)18-31-50(5)15-13-32(49(3,4)30(50)12-17-51(31,52)6)73-48-44(40(64)35(59)27(20-55)71-48)74-46-42(66)38(62)34(58)26(19-54)70-46/h10,24-48,54-67H,9,11-22H2,1-8H3/t24-,25-,26+,27+,28-,29+,30?,31?,32+,33+,34+,35+,36-,37+,38-,39-,40-,41+,42+,43+,44+,45+,46-,47-,48-,50-,51+,52-,53-/m0/s1. The summed E-state index contributed by atoms with van der Waals surface area (Å²) >= 11 is 0.